The molecule has 22 heavy (non-hydrogen) atoms. The second-order valence-electron chi connectivity index (χ2n) is 4.71. The predicted octanol–water partition coefficient (Wildman–Crippen LogP) is 1.64. The maximum atomic E-state index is 5.61. The maximum absolute atomic E-state index is 5.61. The molecule has 0 aliphatic rings. The number of hydrogen-bond donors (Lipinski definition) is 1. The Hall–Kier alpha value is -1.22. The molecular weight excluding hydrogens is 288 g/mol. The highest BCUT2D eigenvalue weighted by Crippen LogP contribution is 2.20. The lowest BCUT2D eigenvalue weighted by Gasteiger charge is -2.21. The van der Waals surface area contributed by atoms with E-state index in [1.807, 2.05) is 27.7 Å². The molecule has 0 saturated heterocycles. The molecule has 0 amide bonds. The van der Waals surface area contributed by atoms with Crippen molar-refractivity contribution in [2.24, 2.45) is 0 Å². The summed E-state index contributed by atoms with van der Waals surface area (Å²) in [6, 6.07) is 0. The molecule has 1 heterocycles. The largest absolute Gasteiger partial charge is 0.371 e. The third-order valence-electron chi connectivity index (χ3n) is 3.22. The van der Waals surface area contributed by atoms with E-state index >= 15 is 0 Å². The molecule has 0 bridgehead atoms. The Labute approximate surface area is 132 Å². The van der Waals surface area contributed by atoms with Gasteiger partial charge in [0, 0.05) is 27.4 Å². The quantitative estimate of drug-likeness (QED) is 0.622. The molecule has 8 heteroatoms. The first kappa shape index (κ1) is 18.8. The molecule has 2 atom stereocenters. The van der Waals surface area contributed by atoms with Gasteiger partial charge < -0.3 is 24.4 Å². The molecule has 128 valence electrons. The fourth-order valence-corrected chi connectivity index (χ4v) is 2.08. The van der Waals surface area contributed by atoms with Crippen molar-refractivity contribution in [2.45, 2.75) is 46.2 Å². The highest BCUT2D eigenvalue weighted by Gasteiger charge is 2.22. The number of hydrogen-bond acceptors (Lipinski definition) is 7. The van der Waals surface area contributed by atoms with Gasteiger partial charge >= 0.3 is 0 Å². The van der Waals surface area contributed by atoms with Crippen LogP contribution in [0.3, 0.4) is 0 Å². The summed E-state index contributed by atoms with van der Waals surface area (Å²) in [5.41, 5.74) is 3.22. The molecule has 0 radical (unpaired) electrons. The van der Waals surface area contributed by atoms with E-state index in [1.165, 1.54) is 0 Å². The molecule has 1 aromatic heterocycles. The maximum Gasteiger partial charge on any atom is 0.180 e. The zero-order valence-corrected chi connectivity index (χ0v) is 14.3. The SMILES string of the molecule is CCO[C@@H](C)c1nnc([C@H](C)OCC)n1NCC(OC)OC. The summed E-state index contributed by atoms with van der Waals surface area (Å²) >= 11 is 0. The molecule has 0 aliphatic carbocycles. The minimum Gasteiger partial charge on any atom is -0.371 e. The van der Waals surface area contributed by atoms with E-state index in [2.05, 4.69) is 15.6 Å². The van der Waals surface area contributed by atoms with Crippen LogP contribution in [0.1, 0.15) is 51.6 Å². The van der Waals surface area contributed by atoms with Crippen LogP contribution in [0.5, 0.6) is 0 Å². The van der Waals surface area contributed by atoms with Gasteiger partial charge in [-0.1, -0.05) is 0 Å². The average Bonchev–Trinajstić information content (AvgIpc) is 2.93. The van der Waals surface area contributed by atoms with Crippen molar-refractivity contribution in [3.05, 3.63) is 11.6 Å². The lowest BCUT2D eigenvalue weighted by atomic mass is 10.3. The highest BCUT2D eigenvalue weighted by molar-refractivity contribution is 5.04. The van der Waals surface area contributed by atoms with Crippen molar-refractivity contribution in [3.8, 4) is 0 Å². The van der Waals surface area contributed by atoms with Crippen molar-refractivity contribution in [2.75, 3.05) is 39.4 Å². The van der Waals surface area contributed by atoms with Gasteiger partial charge in [0.25, 0.3) is 0 Å². The highest BCUT2D eigenvalue weighted by atomic mass is 16.7. The summed E-state index contributed by atoms with van der Waals surface area (Å²) < 4.78 is 23.4. The summed E-state index contributed by atoms with van der Waals surface area (Å²) in [6.45, 7) is 9.41. The van der Waals surface area contributed by atoms with E-state index in [0.717, 1.165) is 0 Å². The minimum absolute atomic E-state index is 0.184. The molecule has 1 aromatic rings. The first-order valence-electron chi connectivity index (χ1n) is 7.56. The third kappa shape index (κ3) is 4.91. The molecule has 8 nitrogen and oxygen atoms in total. The third-order valence-corrected chi connectivity index (χ3v) is 3.22. The molecule has 0 fully saturated rings. The van der Waals surface area contributed by atoms with Crippen LogP contribution in [0.25, 0.3) is 0 Å². The van der Waals surface area contributed by atoms with Crippen molar-refractivity contribution in [3.63, 3.8) is 0 Å². The number of methoxy groups -OCH3 is 2. The molecule has 1 rings (SSSR count). The second kappa shape index (κ2) is 9.73. The Morgan fingerprint density at radius 2 is 1.41 bits per heavy atom. The van der Waals surface area contributed by atoms with Gasteiger partial charge in [-0.25, -0.2) is 4.68 Å². The van der Waals surface area contributed by atoms with Gasteiger partial charge in [-0.2, -0.15) is 0 Å². The van der Waals surface area contributed by atoms with Crippen molar-refractivity contribution >= 4 is 0 Å². The molecule has 0 unspecified atom stereocenters. The van der Waals surface area contributed by atoms with Gasteiger partial charge in [0.2, 0.25) is 0 Å². The Kier molecular flexibility index (Phi) is 8.32. The Morgan fingerprint density at radius 1 is 0.955 bits per heavy atom. The number of nitrogens with zero attached hydrogens (tertiary/aromatic N) is 3. The zero-order valence-electron chi connectivity index (χ0n) is 14.3. The summed E-state index contributed by atoms with van der Waals surface area (Å²) in [6.07, 6.45) is -0.736. The summed E-state index contributed by atoms with van der Waals surface area (Å²) in [7, 11) is 3.19. The van der Waals surface area contributed by atoms with Crippen molar-refractivity contribution < 1.29 is 18.9 Å². The first-order valence-corrected chi connectivity index (χ1v) is 7.56. The number of ether oxygens (including phenoxy) is 4. The fraction of sp³-hybridized carbons (Fsp3) is 0.857. The normalized spacial score (nSPS) is 14.3. The second-order valence-corrected chi connectivity index (χ2v) is 4.71. The van der Waals surface area contributed by atoms with Gasteiger partial charge in [0.15, 0.2) is 17.9 Å². The van der Waals surface area contributed by atoms with Crippen LogP contribution in [0.15, 0.2) is 0 Å². The number of aromatic nitrogens is 3. The summed E-state index contributed by atoms with van der Waals surface area (Å²) in [5, 5.41) is 8.46. The van der Waals surface area contributed by atoms with Crippen LogP contribution in [0, 0.1) is 0 Å². The topological polar surface area (TPSA) is 79.7 Å². The lowest BCUT2D eigenvalue weighted by molar-refractivity contribution is -0.0929. The van der Waals surface area contributed by atoms with Crippen LogP contribution in [0.2, 0.25) is 0 Å². The van der Waals surface area contributed by atoms with Crippen LogP contribution in [-0.2, 0) is 18.9 Å². The standard InChI is InChI=1S/C14H28N4O4/c1-7-21-10(3)13-16-17-14(11(4)22-8-2)18(13)15-9-12(19-5)20-6/h10-12,15H,7-9H2,1-6H3/t10-,11-/m0/s1. The Balaban J connectivity index is 2.97. The van der Waals surface area contributed by atoms with E-state index in [4.69, 9.17) is 18.9 Å². The van der Waals surface area contributed by atoms with Gasteiger partial charge in [-0.3, -0.25) is 0 Å². The predicted molar refractivity (Wildman–Crippen MR) is 82.1 cm³/mol. The monoisotopic (exact) mass is 316 g/mol. The van der Waals surface area contributed by atoms with Crippen LogP contribution in [0.4, 0.5) is 0 Å². The van der Waals surface area contributed by atoms with Gasteiger partial charge in [-0.05, 0) is 27.7 Å². The van der Waals surface area contributed by atoms with Gasteiger partial charge in [0.05, 0.1) is 6.54 Å². The van der Waals surface area contributed by atoms with Crippen LogP contribution >= 0.6 is 0 Å². The number of rotatable bonds is 11. The van der Waals surface area contributed by atoms with Gasteiger partial charge in [0.1, 0.15) is 12.2 Å². The fourth-order valence-electron chi connectivity index (χ4n) is 2.08. The van der Waals surface area contributed by atoms with Gasteiger partial charge in [-0.15, -0.1) is 10.2 Å². The van der Waals surface area contributed by atoms with E-state index in [1.54, 1.807) is 18.9 Å². The molecule has 0 aliphatic heterocycles. The van der Waals surface area contributed by atoms with Crippen molar-refractivity contribution in [1.82, 2.24) is 14.9 Å². The molecular formula is C14H28N4O4. The summed E-state index contributed by atoms with van der Waals surface area (Å²) in [5.74, 6) is 1.38. The first-order chi connectivity index (χ1) is 10.6. The number of nitrogens with one attached hydrogen (secondary N) is 1. The van der Waals surface area contributed by atoms with Crippen LogP contribution in [-0.4, -0.2) is 55.1 Å². The lowest BCUT2D eigenvalue weighted by Crippen LogP contribution is -2.32. The zero-order chi connectivity index (χ0) is 16.5. The molecule has 0 saturated carbocycles. The van der Waals surface area contributed by atoms with E-state index < -0.39 is 0 Å². The smallest absolute Gasteiger partial charge is 0.180 e. The van der Waals surface area contributed by atoms with E-state index in [0.29, 0.717) is 31.4 Å². The molecule has 0 aromatic carbocycles. The van der Waals surface area contributed by atoms with E-state index in [-0.39, 0.29) is 18.5 Å². The Morgan fingerprint density at radius 3 is 1.77 bits per heavy atom. The minimum atomic E-state index is -0.368. The van der Waals surface area contributed by atoms with Crippen molar-refractivity contribution in [1.29, 1.82) is 0 Å². The average molecular weight is 316 g/mol. The Bertz CT molecular complexity index is 393. The molecule has 1 N–H and O–H groups in total. The van der Waals surface area contributed by atoms with Crippen LogP contribution < -0.4 is 5.43 Å². The molecule has 0 spiro atoms. The summed E-state index contributed by atoms with van der Waals surface area (Å²) in [4.78, 5) is 0. The van der Waals surface area contributed by atoms with E-state index in [9.17, 15) is 0 Å².